The summed E-state index contributed by atoms with van der Waals surface area (Å²) >= 11 is 0. The third-order valence-electron chi connectivity index (χ3n) is 2.07. The summed E-state index contributed by atoms with van der Waals surface area (Å²) in [5, 5.41) is 0. The Labute approximate surface area is 102 Å². The van der Waals surface area contributed by atoms with Crippen molar-refractivity contribution in [1.82, 2.24) is 0 Å². The average Bonchev–Trinajstić information content (AvgIpc) is 2.38. The van der Waals surface area contributed by atoms with Crippen molar-refractivity contribution in [2.75, 3.05) is 21.3 Å². The van der Waals surface area contributed by atoms with Crippen LogP contribution in [0.2, 0.25) is 0 Å². The number of methoxy groups -OCH3 is 3. The van der Waals surface area contributed by atoms with Crippen LogP contribution in [0.1, 0.15) is 31.1 Å². The highest BCUT2D eigenvalue weighted by atomic mass is 16.5. The Morgan fingerprint density at radius 1 is 0.941 bits per heavy atom. The number of hydrogen-bond acceptors (Lipinski definition) is 4. The second-order valence-electron chi connectivity index (χ2n) is 2.97. The van der Waals surface area contributed by atoms with Crippen molar-refractivity contribution in [1.29, 1.82) is 0 Å². The van der Waals surface area contributed by atoms with Crippen molar-refractivity contribution >= 4 is 5.78 Å². The van der Waals surface area contributed by atoms with Crippen molar-refractivity contribution in [3.63, 3.8) is 0 Å². The normalized spacial score (nSPS) is 8.82. The molecule has 4 heteroatoms. The molecule has 0 atom stereocenters. The first-order valence-corrected chi connectivity index (χ1v) is 5.45. The van der Waals surface area contributed by atoms with Gasteiger partial charge in [0.25, 0.3) is 0 Å². The van der Waals surface area contributed by atoms with Gasteiger partial charge in [-0.1, -0.05) is 13.8 Å². The summed E-state index contributed by atoms with van der Waals surface area (Å²) in [4.78, 5) is 11.2. The summed E-state index contributed by atoms with van der Waals surface area (Å²) in [5.74, 6) is 1.42. The van der Waals surface area contributed by atoms with Gasteiger partial charge in [-0.05, 0) is 19.1 Å². The van der Waals surface area contributed by atoms with Crippen LogP contribution in [0.25, 0.3) is 0 Å². The number of carbonyl (C=O) groups excluding carboxylic acids is 1. The van der Waals surface area contributed by atoms with Crippen molar-refractivity contribution in [3.05, 3.63) is 17.7 Å². The summed E-state index contributed by atoms with van der Waals surface area (Å²) in [7, 11) is 4.55. The Hall–Kier alpha value is -1.71. The minimum absolute atomic E-state index is 0.0470. The lowest BCUT2D eigenvalue weighted by Crippen LogP contribution is -1.99. The summed E-state index contributed by atoms with van der Waals surface area (Å²) < 4.78 is 15.4. The van der Waals surface area contributed by atoms with Crippen LogP contribution < -0.4 is 14.2 Å². The van der Waals surface area contributed by atoms with Crippen molar-refractivity contribution in [3.8, 4) is 17.2 Å². The van der Waals surface area contributed by atoms with Crippen LogP contribution in [0, 0.1) is 0 Å². The van der Waals surface area contributed by atoms with Gasteiger partial charge in [-0.2, -0.15) is 0 Å². The fourth-order valence-electron chi connectivity index (χ4n) is 1.28. The van der Waals surface area contributed by atoms with Crippen LogP contribution in [-0.2, 0) is 0 Å². The van der Waals surface area contributed by atoms with Gasteiger partial charge < -0.3 is 14.2 Å². The molecule has 0 N–H and O–H groups in total. The largest absolute Gasteiger partial charge is 0.493 e. The van der Waals surface area contributed by atoms with Gasteiger partial charge in [-0.3, -0.25) is 4.79 Å². The highest BCUT2D eigenvalue weighted by Crippen LogP contribution is 2.38. The third kappa shape index (κ3) is 3.66. The maximum absolute atomic E-state index is 11.2. The lowest BCUT2D eigenvalue weighted by Gasteiger charge is -2.12. The molecule has 17 heavy (non-hydrogen) atoms. The first-order chi connectivity index (χ1) is 8.13. The van der Waals surface area contributed by atoms with E-state index >= 15 is 0 Å². The highest BCUT2D eigenvalue weighted by molar-refractivity contribution is 5.95. The molecule has 0 amide bonds. The van der Waals surface area contributed by atoms with E-state index in [0.29, 0.717) is 22.8 Å². The summed E-state index contributed by atoms with van der Waals surface area (Å²) in [6.07, 6.45) is 0. The van der Waals surface area contributed by atoms with E-state index in [1.54, 1.807) is 12.1 Å². The standard InChI is InChI=1S/C11H14O4.C2H6/c1-7(12)8-5-9(13-2)11(15-4)10(6-8)14-3;1-2/h5-6H,1-4H3;1-2H3. The zero-order chi connectivity index (χ0) is 13.4. The smallest absolute Gasteiger partial charge is 0.203 e. The number of hydrogen-bond donors (Lipinski definition) is 0. The Morgan fingerprint density at radius 2 is 1.35 bits per heavy atom. The molecule has 96 valence electrons. The van der Waals surface area contributed by atoms with E-state index < -0.39 is 0 Å². The second kappa shape index (κ2) is 7.54. The van der Waals surface area contributed by atoms with Crippen LogP contribution in [0.4, 0.5) is 0 Å². The van der Waals surface area contributed by atoms with Gasteiger partial charge in [-0.15, -0.1) is 0 Å². The maximum Gasteiger partial charge on any atom is 0.203 e. The zero-order valence-corrected chi connectivity index (χ0v) is 11.3. The Bertz CT molecular complexity index is 347. The van der Waals surface area contributed by atoms with E-state index in [9.17, 15) is 4.79 Å². The fourth-order valence-corrected chi connectivity index (χ4v) is 1.28. The predicted octanol–water partition coefficient (Wildman–Crippen LogP) is 2.94. The van der Waals surface area contributed by atoms with Crippen LogP contribution in [0.15, 0.2) is 12.1 Å². The third-order valence-corrected chi connectivity index (χ3v) is 2.07. The quantitative estimate of drug-likeness (QED) is 0.759. The minimum atomic E-state index is -0.0470. The number of ether oxygens (including phenoxy) is 3. The monoisotopic (exact) mass is 240 g/mol. The van der Waals surface area contributed by atoms with Crippen molar-refractivity contribution in [2.24, 2.45) is 0 Å². The van der Waals surface area contributed by atoms with Gasteiger partial charge >= 0.3 is 0 Å². The molecular formula is C13H20O4. The van der Waals surface area contributed by atoms with E-state index in [0.717, 1.165) is 0 Å². The number of Topliss-reactive ketones (excluding diaryl/α,β-unsaturated/α-hetero) is 1. The molecule has 0 aromatic heterocycles. The molecule has 0 spiro atoms. The van der Waals surface area contributed by atoms with Gasteiger partial charge in [0, 0.05) is 5.56 Å². The average molecular weight is 240 g/mol. The first-order valence-electron chi connectivity index (χ1n) is 5.45. The molecule has 0 saturated carbocycles. The van der Waals surface area contributed by atoms with Crippen LogP contribution in [0.5, 0.6) is 17.2 Å². The summed E-state index contributed by atoms with van der Waals surface area (Å²) in [6.45, 7) is 5.49. The zero-order valence-electron chi connectivity index (χ0n) is 11.3. The lowest BCUT2D eigenvalue weighted by molar-refractivity contribution is 0.101. The lowest BCUT2D eigenvalue weighted by atomic mass is 10.1. The SMILES string of the molecule is CC.COc1cc(C(C)=O)cc(OC)c1OC. The summed E-state index contributed by atoms with van der Waals surface area (Å²) in [6, 6.07) is 3.26. The molecule has 0 aliphatic carbocycles. The first kappa shape index (κ1) is 15.3. The molecule has 1 rings (SSSR count). The van der Waals surface area contributed by atoms with Gasteiger partial charge in [-0.25, -0.2) is 0 Å². The van der Waals surface area contributed by atoms with Gasteiger partial charge in [0.15, 0.2) is 17.3 Å². The van der Waals surface area contributed by atoms with Crippen LogP contribution in [-0.4, -0.2) is 27.1 Å². The van der Waals surface area contributed by atoms with Gasteiger partial charge in [0.1, 0.15) is 0 Å². The Balaban J connectivity index is 0.00000121. The molecular weight excluding hydrogens is 220 g/mol. The van der Waals surface area contributed by atoms with E-state index in [-0.39, 0.29) is 5.78 Å². The molecule has 0 fully saturated rings. The van der Waals surface area contributed by atoms with E-state index in [1.165, 1.54) is 28.3 Å². The number of ketones is 1. The van der Waals surface area contributed by atoms with E-state index in [1.807, 2.05) is 13.8 Å². The Kier molecular flexibility index (Phi) is 6.79. The molecule has 1 aromatic rings. The number of benzene rings is 1. The molecule has 0 aliphatic rings. The van der Waals surface area contributed by atoms with Crippen molar-refractivity contribution < 1.29 is 19.0 Å². The summed E-state index contributed by atoms with van der Waals surface area (Å²) in [5.41, 5.74) is 0.532. The second-order valence-corrected chi connectivity index (χ2v) is 2.97. The number of carbonyl (C=O) groups is 1. The molecule has 0 radical (unpaired) electrons. The molecule has 0 saturated heterocycles. The van der Waals surface area contributed by atoms with Gasteiger partial charge in [0.05, 0.1) is 21.3 Å². The Morgan fingerprint density at radius 3 is 1.59 bits per heavy atom. The number of rotatable bonds is 4. The van der Waals surface area contributed by atoms with E-state index in [4.69, 9.17) is 14.2 Å². The molecule has 0 unspecified atom stereocenters. The molecule has 0 aliphatic heterocycles. The van der Waals surface area contributed by atoms with Crippen molar-refractivity contribution in [2.45, 2.75) is 20.8 Å². The van der Waals surface area contributed by atoms with Gasteiger partial charge in [0.2, 0.25) is 5.75 Å². The van der Waals surface area contributed by atoms with Crippen LogP contribution in [0.3, 0.4) is 0 Å². The van der Waals surface area contributed by atoms with Crippen LogP contribution >= 0.6 is 0 Å². The molecule has 0 bridgehead atoms. The molecule has 1 aromatic carbocycles. The molecule has 0 heterocycles. The maximum atomic E-state index is 11.2. The highest BCUT2D eigenvalue weighted by Gasteiger charge is 2.14. The topological polar surface area (TPSA) is 44.8 Å². The van der Waals surface area contributed by atoms with E-state index in [2.05, 4.69) is 0 Å². The molecule has 4 nitrogen and oxygen atoms in total. The fraction of sp³-hybridized carbons (Fsp3) is 0.462. The minimum Gasteiger partial charge on any atom is -0.493 e. The predicted molar refractivity (Wildman–Crippen MR) is 67.5 cm³/mol.